The van der Waals surface area contributed by atoms with Gasteiger partial charge in [0.1, 0.15) is 5.82 Å². The summed E-state index contributed by atoms with van der Waals surface area (Å²) >= 11 is 0. The summed E-state index contributed by atoms with van der Waals surface area (Å²) in [7, 11) is -3.55. The standard InChI is InChI=1S/C17H15FN2O7S/c1-10-3-5-12(28(2,25)26)8-13(10)17(22)27-9-16(21)19-15-7-11(20(23)24)4-6-14(15)18/h3-8H,9H2,1-2H3,(H,19,21). The van der Waals surface area contributed by atoms with E-state index in [0.717, 1.165) is 30.5 Å². The molecule has 1 N–H and O–H groups in total. The molecule has 0 aliphatic carbocycles. The van der Waals surface area contributed by atoms with Gasteiger partial charge in [0.15, 0.2) is 16.4 Å². The Morgan fingerprint density at radius 1 is 1.21 bits per heavy atom. The quantitative estimate of drug-likeness (QED) is 0.439. The smallest absolute Gasteiger partial charge is 0.338 e. The van der Waals surface area contributed by atoms with Crippen LogP contribution in [-0.4, -0.2) is 38.1 Å². The Morgan fingerprint density at radius 2 is 1.89 bits per heavy atom. The summed E-state index contributed by atoms with van der Waals surface area (Å²) in [4.78, 5) is 33.9. The molecule has 0 fully saturated rings. The Hall–Kier alpha value is -3.34. The lowest BCUT2D eigenvalue weighted by atomic mass is 10.1. The van der Waals surface area contributed by atoms with Gasteiger partial charge in [0.25, 0.3) is 11.6 Å². The second-order valence-electron chi connectivity index (χ2n) is 5.79. The van der Waals surface area contributed by atoms with Crippen molar-refractivity contribution in [2.75, 3.05) is 18.2 Å². The van der Waals surface area contributed by atoms with Crippen molar-refractivity contribution < 1.29 is 32.1 Å². The van der Waals surface area contributed by atoms with Crippen LogP contribution in [-0.2, 0) is 19.4 Å². The lowest BCUT2D eigenvalue weighted by molar-refractivity contribution is -0.384. The Labute approximate surface area is 159 Å². The van der Waals surface area contributed by atoms with E-state index in [1.165, 1.54) is 12.1 Å². The van der Waals surface area contributed by atoms with Crippen LogP contribution in [0.4, 0.5) is 15.8 Å². The summed E-state index contributed by atoms with van der Waals surface area (Å²) in [6, 6.07) is 6.47. The number of nitrogens with zero attached hydrogens (tertiary/aromatic N) is 1. The molecule has 0 aromatic heterocycles. The van der Waals surface area contributed by atoms with Crippen LogP contribution in [0, 0.1) is 22.9 Å². The maximum absolute atomic E-state index is 13.7. The van der Waals surface area contributed by atoms with Crippen molar-refractivity contribution in [2.45, 2.75) is 11.8 Å². The number of non-ortho nitro benzene ring substituents is 1. The van der Waals surface area contributed by atoms with Crippen molar-refractivity contribution >= 4 is 33.1 Å². The van der Waals surface area contributed by atoms with Gasteiger partial charge in [-0.2, -0.15) is 0 Å². The number of ether oxygens (including phenoxy) is 1. The van der Waals surface area contributed by atoms with Crippen molar-refractivity contribution in [1.82, 2.24) is 0 Å². The minimum absolute atomic E-state index is 0.0442. The number of carbonyl (C=O) groups excluding carboxylic acids is 2. The fourth-order valence-corrected chi connectivity index (χ4v) is 2.82. The molecule has 2 rings (SSSR count). The van der Waals surface area contributed by atoms with Gasteiger partial charge < -0.3 is 10.1 Å². The van der Waals surface area contributed by atoms with Crippen LogP contribution in [0.3, 0.4) is 0 Å². The molecule has 148 valence electrons. The molecule has 0 unspecified atom stereocenters. The van der Waals surface area contributed by atoms with Gasteiger partial charge in [0, 0.05) is 18.4 Å². The van der Waals surface area contributed by atoms with Gasteiger partial charge in [-0.25, -0.2) is 17.6 Å². The van der Waals surface area contributed by atoms with Crippen LogP contribution in [0.2, 0.25) is 0 Å². The van der Waals surface area contributed by atoms with Crippen LogP contribution in [0.15, 0.2) is 41.3 Å². The molecular weight excluding hydrogens is 395 g/mol. The number of hydrogen-bond donors (Lipinski definition) is 1. The minimum Gasteiger partial charge on any atom is -0.452 e. The number of benzene rings is 2. The number of nitro groups is 1. The maximum atomic E-state index is 13.7. The average molecular weight is 410 g/mol. The van der Waals surface area contributed by atoms with E-state index in [1.54, 1.807) is 6.92 Å². The highest BCUT2D eigenvalue weighted by Crippen LogP contribution is 2.21. The summed E-state index contributed by atoms with van der Waals surface area (Å²) in [6.45, 7) is 0.755. The minimum atomic E-state index is -3.55. The summed E-state index contributed by atoms with van der Waals surface area (Å²) in [6.07, 6.45) is 0.980. The Bertz CT molecular complexity index is 1070. The predicted octanol–water partition coefficient (Wildman–Crippen LogP) is 2.24. The zero-order valence-corrected chi connectivity index (χ0v) is 15.6. The largest absolute Gasteiger partial charge is 0.452 e. The molecule has 0 saturated heterocycles. The first kappa shape index (κ1) is 21.0. The molecule has 2 aromatic rings. The summed E-state index contributed by atoms with van der Waals surface area (Å²) in [5.74, 6) is -2.77. The van der Waals surface area contributed by atoms with E-state index in [9.17, 15) is 32.5 Å². The number of sulfone groups is 1. The van der Waals surface area contributed by atoms with E-state index in [-0.39, 0.29) is 10.5 Å². The lowest BCUT2D eigenvalue weighted by Crippen LogP contribution is -2.22. The van der Waals surface area contributed by atoms with Crippen molar-refractivity contribution in [3.63, 3.8) is 0 Å². The topological polar surface area (TPSA) is 133 Å². The van der Waals surface area contributed by atoms with E-state index >= 15 is 0 Å². The SMILES string of the molecule is Cc1ccc(S(C)(=O)=O)cc1C(=O)OCC(=O)Nc1cc([N+](=O)[O-])ccc1F. The highest BCUT2D eigenvalue weighted by atomic mass is 32.2. The molecule has 0 radical (unpaired) electrons. The fraction of sp³-hybridized carbons (Fsp3) is 0.176. The van der Waals surface area contributed by atoms with E-state index in [1.807, 2.05) is 0 Å². The predicted molar refractivity (Wildman–Crippen MR) is 96.3 cm³/mol. The van der Waals surface area contributed by atoms with E-state index in [4.69, 9.17) is 4.74 Å². The number of nitro benzene ring substituents is 1. The maximum Gasteiger partial charge on any atom is 0.338 e. The number of amides is 1. The first-order valence-corrected chi connectivity index (χ1v) is 9.60. The molecule has 2 aromatic carbocycles. The highest BCUT2D eigenvalue weighted by molar-refractivity contribution is 7.90. The lowest BCUT2D eigenvalue weighted by Gasteiger charge is -2.09. The number of carbonyl (C=O) groups is 2. The van der Waals surface area contributed by atoms with Gasteiger partial charge in [-0.1, -0.05) is 6.07 Å². The number of esters is 1. The molecule has 9 nitrogen and oxygen atoms in total. The Kier molecular flexibility index (Phi) is 6.09. The summed E-state index contributed by atoms with van der Waals surface area (Å²) in [5.41, 5.74) is -0.479. The van der Waals surface area contributed by atoms with Gasteiger partial charge in [-0.3, -0.25) is 14.9 Å². The molecule has 0 saturated carbocycles. The average Bonchev–Trinajstić information content (AvgIpc) is 2.60. The Morgan fingerprint density at radius 3 is 2.50 bits per heavy atom. The van der Waals surface area contributed by atoms with Crippen molar-refractivity contribution in [3.05, 3.63) is 63.5 Å². The molecule has 0 atom stereocenters. The van der Waals surface area contributed by atoms with Crippen molar-refractivity contribution in [3.8, 4) is 0 Å². The number of aryl methyl sites for hydroxylation is 1. The first-order valence-electron chi connectivity index (χ1n) is 7.70. The van der Waals surface area contributed by atoms with Gasteiger partial charge >= 0.3 is 5.97 Å². The van der Waals surface area contributed by atoms with E-state index in [2.05, 4.69) is 5.32 Å². The number of rotatable bonds is 6. The molecule has 0 aliphatic rings. The molecule has 0 aliphatic heterocycles. The number of halogens is 1. The normalized spacial score (nSPS) is 11.0. The van der Waals surface area contributed by atoms with Crippen LogP contribution in [0.25, 0.3) is 0 Å². The monoisotopic (exact) mass is 410 g/mol. The molecule has 0 spiro atoms. The zero-order valence-electron chi connectivity index (χ0n) is 14.8. The van der Waals surface area contributed by atoms with Crippen LogP contribution in [0.1, 0.15) is 15.9 Å². The molecule has 0 bridgehead atoms. The van der Waals surface area contributed by atoms with E-state index in [0.29, 0.717) is 5.56 Å². The third-order valence-corrected chi connectivity index (χ3v) is 4.74. The molecule has 11 heteroatoms. The van der Waals surface area contributed by atoms with Crippen molar-refractivity contribution in [1.29, 1.82) is 0 Å². The van der Waals surface area contributed by atoms with E-state index < -0.39 is 50.4 Å². The van der Waals surface area contributed by atoms with Crippen LogP contribution in [0.5, 0.6) is 0 Å². The third-order valence-electron chi connectivity index (χ3n) is 3.63. The second-order valence-corrected chi connectivity index (χ2v) is 7.81. The Balaban J connectivity index is 2.09. The summed E-state index contributed by atoms with van der Waals surface area (Å²) in [5, 5.41) is 12.8. The number of hydrogen-bond acceptors (Lipinski definition) is 7. The van der Waals surface area contributed by atoms with Crippen LogP contribution >= 0.6 is 0 Å². The van der Waals surface area contributed by atoms with Crippen molar-refractivity contribution in [2.24, 2.45) is 0 Å². The van der Waals surface area contributed by atoms with Gasteiger partial charge in [-0.05, 0) is 30.7 Å². The molecule has 28 heavy (non-hydrogen) atoms. The zero-order chi connectivity index (χ0) is 21.1. The van der Waals surface area contributed by atoms with Gasteiger partial charge in [0.2, 0.25) is 0 Å². The molecule has 1 amide bonds. The van der Waals surface area contributed by atoms with Gasteiger partial charge in [-0.15, -0.1) is 0 Å². The third kappa shape index (κ3) is 5.10. The first-order chi connectivity index (χ1) is 13.0. The summed E-state index contributed by atoms with van der Waals surface area (Å²) < 4.78 is 41.7. The fourth-order valence-electron chi connectivity index (χ4n) is 2.17. The van der Waals surface area contributed by atoms with Gasteiger partial charge in [0.05, 0.1) is 21.1 Å². The molecular formula is C17H15FN2O7S. The van der Waals surface area contributed by atoms with Crippen LogP contribution < -0.4 is 5.32 Å². The molecule has 0 heterocycles. The number of nitrogens with one attached hydrogen (secondary N) is 1. The number of anilines is 1. The highest BCUT2D eigenvalue weighted by Gasteiger charge is 2.18. The second kappa shape index (κ2) is 8.13.